The van der Waals surface area contributed by atoms with Crippen LogP contribution in [0.15, 0.2) is 0 Å². The number of likely N-dealkylation sites (tertiary alicyclic amines) is 1. The van der Waals surface area contributed by atoms with Crippen LogP contribution in [-0.2, 0) is 0 Å². The standard InChI is InChI=1S/C13H25N/c1-11-3-5-13(6-4-11)14-9-7-12(2)8-10-14/h11-13H,3-10H2,1-2H3/t11-,13-. The summed E-state index contributed by atoms with van der Waals surface area (Å²) in [6.07, 6.45) is 8.75. The predicted octanol–water partition coefficient (Wildman–Crippen LogP) is 3.30. The van der Waals surface area contributed by atoms with Crippen LogP contribution in [0.25, 0.3) is 0 Å². The number of hydrogen-bond acceptors (Lipinski definition) is 1. The molecule has 1 nitrogen and oxygen atoms in total. The van der Waals surface area contributed by atoms with Crippen molar-refractivity contribution in [1.82, 2.24) is 4.90 Å². The minimum absolute atomic E-state index is 0.943. The van der Waals surface area contributed by atoms with Crippen molar-refractivity contribution in [2.45, 2.75) is 58.4 Å². The monoisotopic (exact) mass is 195 g/mol. The second-order valence-electron chi connectivity index (χ2n) is 5.63. The van der Waals surface area contributed by atoms with E-state index in [0.717, 1.165) is 17.9 Å². The van der Waals surface area contributed by atoms with Gasteiger partial charge in [-0.3, -0.25) is 0 Å². The van der Waals surface area contributed by atoms with Crippen LogP contribution >= 0.6 is 0 Å². The molecule has 2 aliphatic rings. The highest BCUT2D eigenvalue weighted by Gasteiger charge is 2.26. The molecule has 0 spiro atoms. The highest BCUT2D eigenvalue weighted by molar-refractivity contribution is 4.81. The molecule has 1 saturated heterocycles. The van der Waals surface area contributed by atoms with E-state index in [9.17, 15) is 0 Å². The fraction of sp³-hybridized carbons (Fsp3) is 1.00. The molecule has 0 bridgehead atoms. The maximum Gasteiger partial charge on any atom is 0.00954 e. The third-order valence-corrected chi connectivity index (χ3v) is 4.32. The average Bonchev–Trinajstić information content (AvgIpc) is 2.21. The Bertz CT molecular complexity index is 142. The number of nitrogens with zero attached hydrogens (tertiary/aromatic N) is 1. The van der Waals surface area contributed by atoms with Crippen LogP contribution in [0.2, 0.25) is 0 Å². The van der Waals surface area contributed by atoms with Crippen LogP contribution < -0.4 is 0 Å². The molecule has 14 heavy (non-hydrogen) atoms. The molecule has 0 aromatic carbocycles. The summed E-state index contributed by atoms with van der Waals surface area (Å²) < 4.78 is 0. The maximum atomic E-state index is 2.77. The van der Waals surface area contributed by atoms with E-state index < -0.39 is 0 Å². The Balaban J connectivity index is 1.78. The smallest absolute Gasteiger partial charge is 0.00954 e. The molecule has 2 fully saturated rings. The van der Waals surface area contributed by atoms with Gasteiger partial charge in [0.2, 0.25) is 0 Å². The molecule has 1 heteroatoms. The summed E-state index contributed by atoms with van der Waals surface area (Å²) in [5.41, 5.74) is 0. The molecular weight excluding hydrogens is 170 g/mol. The Hall–Kier alpha value is -0.0400. The van der Waals surface area contributed by atoms with Crippen molar-refractivity contribution in [2.24, 2.45) is 11.8 Å². The quantitative estimate of drug-likeness (QED) is 0.620. The predicted molar refractivity (Wildman–Crippen MR) is 61.4 cm³/mol. The van der Waals surface area contributed by atoms with E-state index in [2.05, 4.69) is 18.7 Å². The first-order valence-corrected chi connectivity index (χ1v) is 6.49. The zero-order valence-corrected chi connectivity index (χ0v) is 9.84. The van der Waals surface area contributed by atoms with Crippen LogP contribution in [-0.4, -0.2) is 24.0 Å². The molecule has 0 N–H and O–H groups in total. The molecule has 2 rings (SSSR count). The summed E-state index contributed by atoms with van der Waals surface area (Å²) in [5, 5.41) is 0. The van der Waals surface area contributed by atoms with Crippen molar-refractivity contribution >= 4 is 0 Å². The van der Waals surface area contributed by atoms with Crippen molar-refractivity contribution in [2.75, 3.05) is 13.1 Å². The van der Waals surface area contributed by atoms with Gasteiger partial charge in [0.25, 0.3) is 0 Å². The molecule has 0 radical (unpaired) electrons. The molecular formula is C13H25N. The largest absolute Gasteiger partial charge is 0.300 e. The van der Waals surface area contributed by atoms with Crippen LogP contribution in [0, 0.1) is 11.8 Å². The molecule has 0 amide bonds. The second kappa shape index (κ2) is 4.65. The molecule has 82 valence electrons. The summed E-state index contributed by atoms with van der Waals surface area (Å²) in [7, 11) is 0. The Morgan fingerprint density at radius 1 is 0.714 bits per heavy atom. The van der Waals surface area contributed by atoms with Crippen LogP contribution in [0.5, 0.6) is 0 Å². The van der Waals surface area contributed by atoms with Gasteiger partial charge in [0.1, 0.15) is 0 Å². The topological polar surface area (TPSA) is 3.24 Å². The third-order valence-electron chi connectivity index (χ3n) is 4.32. The minimum Gasteiger partial charge on any atom is -0.300 e. The Kier molecular flexibility index (Phi) is 3.48. The maximum absolute atomic E-state index is 2.77. The van der Waals surface area contributed by atoms with Crippen molar-refractivity contribution in [3.63, 3.8) is 0 Å². The van der Waals surface area contributed by atoms with E-state index in [0.29, 0.717) is 0 Å². The molecule has 0 atom stereocenters. The molecule has 0 aromatic heterocycles. The van der Waals surface area contributed by atoms with Crippen LogP contribution in [0.1, 0.15) is 52.4 Å². The lowest BCUT2D eigenvalue weighted by Crippen LogP contribution is -2.42. The fourth-order valence-electron chi connectivity index (χ4n) is 3.00. The number of rotatable bonds is 1. The number of hydrogen-bond donors (Lipinski definition) is 0. The van der Waals surface area contributed by atoms with Gasteiger partial charge in [-0.25, -0.2) is 0 Å². The normalized spacial score (nSPS) is 37.3. The van der Waals surface area contributed by atoms with Gasteiger partial charge in [-0.2, -0.15) is 0 Å². The van der Waals surface area contributed by atoms with Crippen LogP contribution in [0.3, 0.4) is 0 Å². The number of piperidine rings is 1. The van der Waals surface area contributed by atoms with Gasteiger partial charge >= 0.3 is 0 Å². The van der Waals surface area contributed by atoms with Gasteiger partial charge < -0.3 is 4.90 Å². The van der Waals surface area contributed by atoms with E-state index >= 15 is 0 Å². The lowest BCUT2D eigenvalue weighted by molar-refractivity contribution is 0.100. The fourth-order valence-corrected chi connectivity index (χ4v) is 3.00. The van der Waals surface area contributed by atoms with Crippen molar-refractivity contribution in [3.8, 4) is 0 Å². The average molecular weight is 195 g/mol. The Labute approximate surface area is 88.9 Å². The summed E-state index contributed by atoms with van der Waals surface area (Å²) >= 11 is 0. The van der Waals surface area contributed by atoms with Gasteiger partial charge in [0.15, 0.2) is 0 Å². The molecule has 0 aromatic rings. The molecule has 1 heterocycles. The Morgan fingerprint density at radius 2 is 1.21 bits per heavy atom. The van der Waals surface area contributed by atoms with Gasteiger partial charge in [0.05, 0.1) is 0 Å². The molecule has 1 saturated carbocycles. The van der Waals surface area contributed by atoms with E-state index in [1.165, 1.54) is 51.6 Å². The van der Waals surface area contributed by atoms with Crippen molar-refractivity contribution in [3.05, 3.63) is 0 Å². The first kappa shape index (κ1) is 10.5. The highest BCUT2D eigenvalue weighted by atomic mass is 15.2. The SMILES string of the molecule is CC1CCN([C@H]2CC[C@H](C)CC2)CC1. The third kappa shape index (κ3) is 2.50. The van der Waals surface area contributed by atoms with E-state index in [1.54, 1.807) is 0 Å². The van der Waals surface area contributed by atoms with Gasteiger partial charge in [-0.1, -0.05) is 13.8 Å². The van der Waals surface area contributed by atoms with Gasteiger partial charge in [0, 0.05) is 6.04 Å². The van der Waals surface area contributed by atoms with Crippen LogP contribution in [0.4, 0.5) is 0 Å². The van der Waals surface area contributed by atoms with E-state index in [1.807, 2.05) is 0 Å². The highest BCUT2D eigenvalue weighted by Crippen LogP contribution is 2.29. The van der Waals surface area contributed by atoms with E-state index in [-0.39, 0.29) is 0 Å². The minimum atomic E-state index is 0.943. The van der Waals surface area contributed by atoms with Crippen molar-refractivity contribution in [1.29, 1.82) is 0 Å². The first-order valence-electron chi connectivity index (χ1n) is 6.49. The molecule has 1 aliphatic carbocycles. The zero-order chi connectivity index (χ0) is 9.97. The van der Waals surface area contributed by atoms with Crippen molar-refractivity contribution < 1.29 is 0 Å². The summed E-state index contributed by atoms with van der Waals surface area (Å²) in [6, 6.07) is 0.943. The zero-order valence-electron chi connectivity index (χ0n) is 9.84. The summed E-state index contributed by atoms with van der Waals surface area (Å²) in [6.45, 7) is 7.56. The molecule has 0 unspecified atom stereocenters. The van der Waals surface area contributed by atoms with E-state index in [4.69, 9.17) is 0 Å². The molecule has 1 aliphatic heterocycles. The second-order valence-corrected chi connectivity index (χ2v) is 5.63. The lowest BCUT2D eigenvalue weighted by Gasteiger charge is -2.39. The summed E-state index contributed by atoms with van der Waals surface area (Å²) in [5.74, 6) is 1.98. The van der Waals surface area contributed by atoms with Gasteiger partial charge in [-0.05, 0) is 63.5 Å². The summed E-state index contributed by atoms with van der Waals surface area (Å²) in [4.78, 5) is 2.77. The Morgan fingerprint density at radius 3 is 1.79 bits per heavy atom. The lowest BCUT2D eigenvalue weighted by atomic mass is 9.85. The van der Waals surface area contributed by atoms with Gasteiger partial charge in [-0.15, -0.1) is 0 Å². The first-order chi connectivity index (χ1) is 6.75.